The van der Waals surface area contributed by atoms with Crippen LogP contribution in [0.5, 0.6) is 0 Å². The Morgan fingerprint density at radius 3 is 3.08 bits per heavy atom. The molecule has 70 valence electrons. The van der Waals surface area contributed by atoms with Crippen molar-refractivity contribution in [1.29, 1.82) is 0 Å². The van der Waals surface area contributed by atoms with Crippen molar-refractivity contribution in [3.05, 3.63) is 35.3 Å². The van der Waals surface area contributed by atoms with Crippen LogP contribution in [-0.4, -0.2) is 6.54 Å². The quantitative estimate of drug-likeness (QED) is 0.517. The highest BCUT2D eigenvalue weighted by Crippen LogP contribution is 2.21. The first-order valence-corrected chi connectivity index (χ1v) is 4.78. The molecule has 0 aliphatic carbocycles. The zero-order chi connectivity index (χ0) is 9.10. The van der Waals surface area contributed by atoms with E-state index in [0.29, 0.717) is 6.04 Å². The van der Waals surface area contributed by atoms with Crippen molar-refractivity contribution in [1.82, 2.24) is 5.32 Å². The van der Waals surface area contributed by atoms with Gasteiger partial charge in [-0.3, -0.25) is 0 Å². The minimum atomic E-state index is 0.384. The second kappa shape index (κ2) is 3.75. The van der Waals surface area contributed by atoms with Gasteiger partial charge in [0, 0.05) is 17.7 Å². The van der Waals surface area contributed by atoms with Crippen LogP contribution in [0.4, 0.5) is 0 Å². The number of pyridine rings is 1. The van der Waals surface area contributed by atoms with E-state index in [0.717, 1.165) is 23.3 Å². The van der Waals surface area contributed by atoms with Gasteiger partial charge in [-0.1, -0.05) is 6.42 Å². The van der Waals surface area contributed by atoms with Crippen molar-refractivity contribution < 1.29 is 4.73 Å². The van der Waals surface area contributed by atoms with E-state index in [9.17, 15) is 5.21 Å². The van der Waals surface area contributed by atoms with Gasteiger partial charge in [-0.15, -0.1) is 0 Å². The Labute approximate surface area is 78.0 Å². The molecule has 2 heterocycles. The molecular weight excluding hydrogens is 164 g/mol. The summed E-state index contributed by atoms with van der Waals surface area (Å²) >= 11 is 0. The summed E-state index contributed by atoms with van der Waals surface area (Å²) in [5.41, 5.74) is 1.11. The maximum Gasteiger partial charge on any atom is 0.185 e. The number of rotatable bonds is 1. The smallest absolute Gasteiger partial charge is 0.185 e. The van der Waals surface area contributed by atoms with Crippen molar-refractivity contribution in [3.63, 3.8) is 0 Å². The van der Waals surface area contributed by atoms with Gasteiger partial charge in [-0.2, -0.15) is 4.73 Å². The molecule has 1 aliphatic rings. The molecule has 1 saturated heterocycles. The van der Waals surface area contributed by atoms with E-state index in [1.54, 1.807) is 12.3 Å². The third kappa shape index (κ3) is 1.98. The third-order valence-electron chi connectivity index (χ3n) is 2.51. The molecule has 1 unspecified atom stereocenters. The molecule has 0 amide bonds. The van der Waals surface area contributed by atoms with Gasteiger partial charge in [-0.05, 0) is 25.5 Å². The molecule has 0 bridgehead atoms. The third-order valence-corrected chi connectivity index (χ3v) is 2.51. The largest absolute Gasteiger partial charge is 0.619 e. The molecule has 0 saturated carbocycles. The van der Waals surface area contributed by atoms with Crippen molar-refractivity contribution in [3.8, 4) is 0 Å². The summed E-state index contributed by atoms with van der Waals surface area (Å²) in [6.07, 6.45) is 6.82. The molecular formula is C10H14N2O. The Morgan fingerprint density at radius 2 is 2.38 bits per heavy atom. The average molecular weight is 178 g/mol. The minimum absolute atomic E-state index is 0.384. The van der Waals surface area contributed by atoms with Crippen LogP contribution in [-0.2, 0) is 0 Å². The lowest BCUT2D eigenvalue weighted by atomic mass is 9.99. The molecule has 1 aromatic rings. The first-order valence-electron chi connectivity index (χ1n) is 4.78. The van der Waals surface area contributed by atoms with Gasteiger partial charge in [0.2, 0.25) is 0 Å². The van der Waals surface area contributed by atoms with Gasteiger partial charge in [-0.25, -0.2) is 0 Å². The molecule has 0 spiro atoms. The lowest BCUT2D eigenvalue weighted by Crippen LogP contribution is -2.31. The number of nitrogens with one attached hydrogen (secondary N) is 1. The standard InChI is InChI=1S/C10H14N2O/c13-12-7-3-4-9(8-12)10-5-1-2-6-11-10/h3-4,7-8,10-11H,1-2,5-6H2. The zero-order valence-corrected chi connectivity index (χ0v) is 7.57. The van der Waals surface area contributed by atoms with E-state index in [4.69, 9.17) is 0 Å². The fourth-order valence-electron chi connectivity index (χ4n) is 1.81. The summed E-state index contributed by atoms with van der Waals surface area (Å²) in [4.78, 5) is 0. The van der Waals surface area contributed by atoms with Crippen LogP contribution in [0, 0.1) is 5.21 Å². The lowest BCUT2D eigenvalue weighted by molar-refractivity contribution is -0.606. The highest BCUT2D eigenvalue weighted by atomic mass is 16.5. The van der Waals surface area contributed by atoms with Crippen molar-refractivity contribution >= 4 is 0 Å². The number of aromatic nitrogens is 1. The molecule has 2 rings (SSSR count). The van der Waals surface area contributed by atoms with Gasteiger partial charge < -0.3 is 10.5 Å². The van der Waals surface area contributed by atoms with Crippen LogP contribution in [0.25, 0.3) is 0 Å². The van der Waals surface area contributed by atoms with Gasteiger partial charge in [0.25, 0.3) is 0 Å². The van der Waals surface area contributed by atoms with E-state index in [-0.39, 0.29) is 0 Å². The predicted octanol–water partition coefficient (Wildman–Crippen LogP) is 1.13. The van der Waals surface area contributed by atoms with Crippen LogP contribution in [0.1, 0.15) is 30.9 Å². The molecule has 1 aromatic heterocycles. The molecule has 13 heavy (non-hydrogen) atoms. The molecule has 3 heteroatoms. The van der Waals surface area contributed by atoms with Crippen LogP contribution in [0.15, 0.2) is 24.5 Å². The Morgan fingerprint density at radius 1 is 1.46 bits per heavy atom. The van der Waals surface area contributed by atoms with Crippen LogP contribution < -0.4 is 10.0 Å². The molecule has 0 radical (unpaired) electrons. The fourth-order valence-corrected chi connectivity index (χ4v) is 1.81. The number of piperidine rings is 1. The summed E-state index contributed by atoms with van der Waals surface area (Å²) in [5, 5.41) is 14.4. The second-order valence-electron chi connectivity index (χ2n) is 3.50. The fraction of sp³-hybridized carbons (Fsp3) is 0.500. The van der Waals surface area contributed by atoms with Gasteiger partial charge in [0.1, 0.15) is 0 Å². The highest BCUT2D eigenvalue weighted by Gasteiger charge is 2.15. The van der Waals surface area contributed by atoms with Crippen LogP contribution >= 0.6 is 0 Å². The molecule has 1 N–H and O–H groups in total. The molecule has 1 atom stereocenters. The molecule has 1 aliphatic heterocycles. The van der Waals surface area contributed by atoms with E-state index in [1.807, 2.05) is 6.07 Å². The molecule has 3 nitrogen and oxygen atoms in total. The topological polar surface area (TPSA) is 39.0 Å². The zero-order valence-electron chi connectivity index (χ0n) is 7.57. The Balaban J connectivity index is 2.14. The number of nitrogens with zero attached hydrogens (tertiary/aromatic N) is 1. The predicted molar refractivity (Wildman–Crippen MR) is 50.0 cm³/mol. The molecule has 0 aromatic carbocycles. The number of hydrogen-bond acceptors (Lipinski definition) is 2. The van der Waals surface area contributed by atoms with Gasteiger partial charge in [0.15, 0.2) is 12.4 Å². The first kappa shape index (κ1) is 8.51. The summed E-state index contributed by atoms with van der Waals surface area (Å²) in [7, 11) is 0. The summed E-state index contributed by atoms with van der Waals surface area (Å²) < 4.78 is 0.867. The second-order valence-corrected chi connectivity index (χ2v) is 3.50. The Kier molecular flexibility index (Phi) is 2.45. The highest BCUT2D eigenvalue weighted by molar-refractivity contribution is 5.11. The maximum atomic E-state index is 11.0. The number of hydrogen-bond donors (Lipinski definition) is 1. The van der Waals surface area contributed by atoms with Crippen LogP contribution in [0.3, 0.4) is 0 Å². The normalized spacial score (nSPS) is 22.9. The van der Waals surface area contributed by atoms with Crippen molar-refractivity contribution in [2.45, 2.75) is 25.3 Å². The summed E-state index contributed by atoms with van der Waals surface area (Å²) in [6.45, 7) is 1.07. The lowest BCUT2D eigenvalue weighted by Gasteiger charge is -2.22. The Hall–Kier alpha value is -1.09. The summed E-state index contributed by atoms with van der Waals surface area (Å²) in [6, 6.07) is 4.20. The maximum absolute atomic E-state index is 11.0. The van der Waals surface area contributed by atoms with E-state index >= 15 is 0 Å². The van der Waals surface area contributed by atoms with E-state index < -0.39 is 0 Å². The van der Waals surface area contributed by atoms with Gasteiger partial charge in [0.05, 0.1) is 0 Å². The van der Waals surface area contributed by atoms with Crippen molar-refractivity contribution in [2.75, 3.05) is 6.54 Å². The SMILES string of the molecule is [O-][n+]1cccc(C2CCCCN2)c1. The van der Waals surface area contributed by atoms with E-state index in [2.05, 4.69) is 5.32 Å². The first-order chi connectivity index (χ1) is 6.36. The van der Waals surface area contributed by atoms with Crippen LogP contribution in [0.2, 0.25) is 0 Å². The average Bonchev–Trinajstić information content (AvgIpc) is 2.19. The van der Waals surface area contributed by atoms with Crippen molar-refractivity contribution in [2.24, 2.45) is 0 Å². The minimum Gasteiger partial charge on any atom is -0.619 e. The Bertz CT molecular complexity index is 282. The molecule has 1 fully saturated rings. The monoisotopic (exact) mass is 178 g/mol. The summed E-state index contributed by atoms with van der Waals surface area (Å²) in [5.74, 6) is 0. The van der Waals surface area contributed by atoms with E-state index in [1.165, 1.54) is 19.0 Å². The van der Waals surface area contributed by atoms with Gasteiger partial charge >= 0.3 is 0 Å².